The van der Waals surface area contributed by atoms with E-state index in [2.05, 4.69) is 5.32 Å². The van der Waals surface area contributed by atoms with Crippen molar-refractivity contribution in [3.05, 3.63) is 0 Å². The Morgan fingerprint density at radius 3 is 2.71 bits per heavy atom. The van der Waals surface area contributed by atoms with E-state index in [-0.39, 0.29) is 5.91 Å². The van der Waals surface area contributed by atoms with Crippen LogP contribution in [-0.2, 0) is 9.53 Å². The van der Waals surface area contributed by atoms with Crippen LogP contribution in [0, 0.1) is 5.92 Å². The quantitative estimate of drug-likeness (QED) is 0.620. The number of rotatable bonds is 7. The number of carbonyl (C=O) groups is 1. The molecule has 0 radical (unpaired) electrons. The highest BCUT2D eigenvalue weighted by atomic mass is 16.5. The molecule has 0 aromatic heterocycles. The Kier molecular flexibility index (Phi) is 3.89. The molecule has 0 aliphatic heterocycles. The van der Waals surface area contributed by atoms with Crippen LogP contribution in [0.25, 0.3) is 0 Å². The molecule has 1 saturated carbocycles. The first-order valence-electron chi connectivity index (χ1n) is 5.12. The number of methoxy groups -OCH3 is 1. The first kappa shape index (κ1) is 11.5. The van der Waals surface area contributed by atoms with Gasteiger partial charge < -0.3 is 15.8 Å². The predicted octanol–water partition coefficient (Wildman–Crippen LogP) is 0.267. The molecule has 0 saturated heterocycles. The summed E-state index contributed by atoms with van der Waals surface area (Å²) in [4.78, 5) is 11.3. The molecule has 1 rings (SSSR count). The van der Waals surface area contributed by atoms with Crippen molar-refractivity contribution < 1.29 is 9.53 Å². The van der Waals surface area contributed by atoms with Crippen molar-refractivity contribution in [3.8, 4) is 0 Å². The van der Waals surface area contributed by atoms with Crippen molar-refractivity contribution in [1.29, 1.82) is 0 Å². The summed E-state index contributed by atoms with van der Waals surface area (Å²) in [5, 5.41) is 3.24. The molecular formula is C10H20N2O2. The van der Waals surface area contributed by atoms with E-state index < -0.39 is 5.54 Å². The van der Waals surface area contributed by atoms with Crippen LogP contribution >= 0.6 is 0 Å². The lowest BCUT2D eigenvalue weighted by molar-refractivity contribution is -0.124. The van der Waals surface area contributed by atoms with E-state index in [1.54, 1.807) is 7.11 Å². The first-order valence-corrected chi connectivity index (χ1v) is 5.12. The lowest BCUT2D eigenvalue weighted by Gasteiger charge is -2.27. The first-order chi connectivity index (χ1) is 6.58. The molecule has 1 aliphatic rings. The lowest BCUT2D eigenvalue weighted by atomic mass is 9.97. The molecule has 0 bridgehead atoms. The summed E-state index contributed by atoms with van der Waals surface area (Å²) in [6, 6.07) is 0. The number of hydrogen-bond donors (Lipinski definition) is 2. The van der Waals surface area contributed by atoms with Gasteiger partial charge in [-0.25, -0.2) is 0 Å². The van der Waals surface area contributed by atoms with E-state index >= 15 is 0 Å². The van der Waals surface area contributed by atoms with Crippen molar-refractivity contribution in [2.45, 2.75) is 31.7 Å². The average molecular weight is 200 g/mol. The van der Waals surface area contributed by atoms with Gasteiger partial charge in [-0.3, -0.25) is 4.79 Å². The largest absolute Gasteiger partial charge is 0.385 e. The molecule has 3 N–H and O–H groups in total. The van der Waals surface area contributed by atoms with Gasteiger partial charge in [-0.15, -0.1) is 0 Å². The Morgan fingerprint density at radius 2 is 2.29 bits per heavy atom. The van der Waals surface area contributed by atoms with E-state index in [9.17, 15) is 4.79 Å². The summed E-state index contributed by atoms with van der Waals surface area (Å²) in [7, 11) is 1.63. The van der Waals surface area contributed by atoms with Gasteiger partial charge in [0, 0.05) is 13.7 Å². The van der Waals surface area contributed by atoms with Crippen LogP contribution in [0.2, 0.25) is 0 Å². The third-order valence-corrected chi connectivity index (χ3v) is 2.83. The fourth-order valence-corrected chi connectivity index (χ4v) is 1.30. The summed E-state index contributed by atoms with van der Waals surface area (Å²) in [6.07, 6.45) is 3.17. The normalized spacial score (nSPS) is 20.4. The van der Waals surface area contributed by atoms with Gasteiger partial charge in [0.25, 0.3) is 0 Å². The molecule has 1 unspecified atom stereocenters. The number of hydrogen-bond acceptors (Lipinski definition) is 3. The molecule has 4 nitrogen and oxygen atoms in total. The van der Waals surface area contributed by atoms with E-state index in [0.29, 0.717) is 13.0 Å². The zero-order valence-electron chi connectivity index (χ0n) is 9.01. The molecule has 0 spiro atoms. The van der Waals surface area contributed by atoms with Crippen LogP contribution in [0.5, 0.6) is 0 Å². The predicted molar refractivity (Wildman–Crippen MR) is 54.8 cm³/mol. The van der Waals surface area contributed by atoms with E-state index in [4.69, 9.17) is 10.5 Å². The van der Waals surface area contributed by atoms with Crippen LogP contribution in [0.3, 0.4) is 0 Å². The monoisotopic (exact) mass is 200 g/mol. The van der Waals surface area contributed by atoms with E-state index in [0.717, 1.165) is 12.5 Å². The molecule has 4 heteroatoms. The van der Waals surface area contributed by atoms with Gasteiger partial charge in [0.2, 0.25) is 5.91 Å². The second kappa shape index (κ2) is 4.75. The number of primary amides is 1. The maximum absolute atomic E-state index is 11.3. The Bertz CT molecular complexity index is 204. The van der Waals surface area contributed by atoms with Gasteiger partial charge in [-0.2, -0.15) is 0 Å². The second-order valence-corrected chi connectivity index (χ2v) is 4.26. The molecular weight excluding hydrogens is 180 g/mol. The number of ether oxygens (including phenoxy) is 1. The van der Waals surface area contributed by atoms with Crippen LogP contribution in [0.15, 0.2) is 0 Å². The second-order valence-electron chi connectivity index (χ2n) is 4.26. The fourth-order valence-electron chi connectivity index (χ4n) is 1.30. The van der Waals surface area contributed by atoms with Gasteiger partial charge >= 0.3 is 0 Å². The van der Waals surface area contributed by atoms with Crippen molar-refractivity contribution in [3.63, 3.8) is 0 Å². The smallest absolute Gasteiger partial charge is 0.237 e. The Labute approximate surface area is 85.2 Å². The highest BCUT2D eigenvalue weighted by Crippen LogP contribution is 2.28. The van der Waals surface area contributed by atoms with Crippen LogP contribution in [0.1, 0.15) is 26.2 Å². The van der Waals surface area contributed by atoms with E-state index in [1.165, 1.54) is 12.8 Å². The minimum Gasteiger partial charge on any atom is -0.385 e. The highest BCUT2D eigenvalue weighted by molar-refractivity contribution is 5.84. The summed E-state index contributed by atoms with van der Waals surface area (Å²) in [5.41, 5.74) is 4.75. The van der Waals surface area contributed by atoms with Crippen molar-refractivity contribution in [2.24, 2.45) is 11.7 Å². The number of amides is 1. The SMILES string of the molecule is COCCC(C)(NCC1CC1)C(N)=O. The Morgan fingerprint density at radius 1 is 1.64 bits per heavy atom. The minimum atomic E-state index is -0.612. The molecule has 14 heavy (non-hydrogen) atoms. The van der Waals surface area contributed by atoms with Crippen LogP contribution < -0.4 is 11.1 Å². The van der Waals surface area contributed by atoms with Gasteiger partial charge in [-0.05, 0) is 38.6 Å². The molecule has 0 aromatic rings. The summed E-state index contributed by atoms with van der Waals surface area (Å²) in [6.45, 7) is 3.29. The number of carbonyl (C=O) groups excluding carboxylic acids is 1. The summed E-state index contributed by atoms with van der Waals surface area (Å²) >= 11 is 0. The topological polar surface area (TPSA) is 64.3 Å². The minimum absolute atomic E-state index is 0.296. The van der Waals surface area contributed by atoms with Crippen molar-refractivity contribution >= 4 is 5.91 Å². The van der Waals surface area contributed by atoms with Crippen LogP contribution in [0.4, 0.5) is 0 Å². The third-order valence-electron chi connectivity index (χ3n) is 2.83. The standard InChI is InChI=1S/C10H20N2O2/c1-10(9(11)13,5-6-14-2)12-7-8-3-4-8/h8,12H,3-7H2,1-2H3,(H2,11,13). The van der Waals surface area contributed by atoms with Gasteiger partial charge in [0.05, 0.1) is 5.54 Å². The Balaban J connectivity index is 2.37. The lowest BCUT2D eigenvalue weighted by Crippen LogP contribution is -2.54. The zero-order valence-corrected chi connectivity index (χ0v) is 9.01. The maximum Gasteiger partial charge on any atom is 0.237 e. The summed E-state index contributed by atoms with van der Waals surface area (Å²) < 4.78 is 4.96. The molecule has 1 fully saturated rings. The Hall–Kier alpha value is -0.610. The molecule has 1 amide bonds. The third kappa shape index (κ3) is 3.27. The number of nitrogens with two attached hydrogens (primary N) is 1. The maximum atomic E-state index is 11.3. The molecule has 1 aliphatic carbocycles. The molecule has 82 valence electrons. The van der Waals surface area contributed by atoms with Crippen molar-refractivity contribution in [2.75, 3.05) is 20.3 Å². The molecule has 0 aromatic carbocycles. The zero-order chi connectivity index (χ0) is 10.6. The average Bonchev–Trinajstić information content (AvgIpc) is 2.94. The molecule has 1 atom stereocenters. The van der Waals surface area contributed by atoms with Gasteiger partial charge in [0.1, 0.15) is 0 Å². The number of nitrogens with one attached hydrogen (secondary N) is 1. The van der Waals surface area contributed by atoms with E-state index in [1.807, 2.05) is 6.92 Å². The van der Waals surface area contributed by atoms with Crippen molar-refractivity contribution in [1.82, 2.24) is 5.32 Å². The van der Waals surface area contributed by atoms with Gasteiger partial charge in [0.15, 0.2) is 0 Å². The summed E-state index contributed by atoms with van der Waals surface area (Å²) in [5.74, 6) is 0.450. The highest BCUT2D eigenvalue weighted by Gasteiger charge is 2.32. The van der Waals surface area contributed by atoms with Crippen LogP contribution in [-0.4, -0.2) is 31.7 Å². The fraction of sp³-hybridized carbons (Fsp3) is 0.900. The van der Waals surface area contributed by atoms with Gasteiger partial charge in [-0.1, -0.05) is 0 Å². The molecule has 0 heterocycles.